The normalized spacial score (nSPS) is 10.5. The zero-order valence-corrected chi connectivity index (χ0v) is 10.4. The largest absolute Gasteiger partial charge is 0.489 e. The van der Waals surface area contributed by atoms with Crippen LogP contribution in [-0.4, -0.2) is 9.78 Å². The van der Waals surface area contributed by atoms with Gasteiger partial charge in [-0.15, -0.1) is 0 Å². The standard InChI is InChI=1S/C14H18N2O/c1-3-12-6-5-7-14(8-12)17-11-13-9-15-16(4-2)10-13/h5-10H,3-4,11H2,1-2H3. The summed E-state index contributed by atoms with van der Waals surface area (Å²) in [6.07, 6.45) is 4.90. The van der Waals surface area contributed by atoms with E-state index >= 15 is 0 Å². The van der Waals surface area contributed by atoms with Crippen LogP contribution >= 0.6 is 0 Å². The monoisotopic (exact) mass is 230 g/mol. The topological polar surface area (TPSA) is 27.1 Å². The first-order valence-corrected chi connectivity index (χ1v) is 6.05. The van der Waals surface area contributed by atoms with E-state index in [4.69, 9.17) is 4.74 Å². The van der Waals surface area contributed by atoms with Gasteiger partial charge in [-0.1, -0.05) is 19.1 Å². The first-order chi connectivity index (χ1) is 8.31. The third-order valence-electron chi connectivity index (χ3n) is 2.72. The van der Waals surface area contributed by atoms with Gasteiger partial charge in [0.15, 0.2) is 0 Å². The molecule has 0 fully saturated rings. The molecule has 0 saturated heterocycles. The highest BCUT2D eigenvalue weighted by molar-refractivity contribution is 5.28. The molecule has 0 aliphatic carbocycles. The quantitative estimate of drug-likeness (QED) is 0.789. The minimum Gasteiger partial charge on any atom is -0.489 e. The van der Waals surface area contributed by atoms with Crippen LogP contribution in [0, 0.1) is 0 Å². The number of benzene rings is 1. The maximum Gasteiger partial charge on any atom is 0.120 e. The third-order valence-corrected chi connectivity index (χ3v) is 2.72. The zero-order valence-electron chi connectivity index (χ0n) is 10.4. The molecule has 3 nitrogen and oxygen atoms in total. The average Bonchev–Trinajstić information content (AvgIpc) is 2.84. The molecular formula is C14H18N2O. The molecule has 0 saturated carbocycles. The van der Waals surface area contributed by atoms with Gasteiger partial charge in [0.2, 0.25) is 0 Å². The summed E-state index contributed by atoms with van der Waals surface area (Å²) in [5, 5.41) is 4.22. The number of ether oxygens (including phenoxy) is 1. The molecule has 1 aromatic heterocycles. The van der Waals surface area contributed by atoms with Gasteiger partial charge in [0, 0.05) is 18.3 Å². The molecule has 0 unspecified atom stereocenters. The number of nitrogens with zero attached hydrogens (tertiary/aromatic N) is 2. The Morgan fingerprint density at radius 2 is 2.12 bits per heavy atom. The molecule has 3 heteroatoms. The van der Waals surface area contributed by atoms with E-state index in [0.717, 1.165) is 24.3 Å². The number of aromatic nitrogens is 2. The van der Waals surface area contributed by atoms with Gasteiger partial charge in [-0.3, -0.25) is 4.68 Å². The second-order valence-electron chi connectivity index (χ2n) is 3.99. The number of hydrogen-bond donors (Lipinski definition) is 0. The van der Waals surface area contributed by atoms with E-state index in [1.807, 2.05) is 29.2 Å². The van der Waals surface area contributed by atoms with Crippen LogP contribution in [0.3, 0.4) is 0 Å². The molecule has 0 amide bonds. The molecule has 0 spiro atoms. The molecule has 90 valence electrons. The summed E-state index contributed by atoms with van der Waals surface area (Å²) in [4.78, 5) is 0. The predicted molar refractivity (Wildman–Crippen MR) is 68.1 cm³/mol. The number of aryl methyl sites for hydroxylation is 2. The van der Waals surface area contributed by atoms with Crippen molar-refractivity contribution in [3.8, 4) is 5.75 Å². The molecule has 0 bridgehead atoms. The van der Waals surface area contributed by atoms with Gasteiger partial charge in [-0.05, 0) is 31.0 Å². The van der Waals surface area contributed by atoms with E-state index < -0.39 is 0 Å². The highest BCUT2D eigenvalue weighted by Gasteiger charge is 1.99. The van der Waals surface area contributed by atoms with E-state index in [1.54, 1.807) is 0 Å². The molecule has 0 aliphatic rings. The van der Waals surface area contributed by atoms with E-state index in [0.29, 0.717) is 6.61 Å². The lowest BCUT2D eigenvalue weighted by molar-refractivity contribution is 0.306. The highest BCUT2D eigenvalue weighted by atomic mass is 16.5. The van der Waals surface area contributed by atoms with E-state index in [9.17, 15) is 0 Å². The van der Waals surface area contributed by atoms with Crippen molar-refractivity contribution in [3.63, 3.8) is 0 Å². The Labute approximate surface area is 102 Å². The van der Waals surface area contributed by atoms with Crippen molar-refractivity contribution < 1.29 is 4.74 Å². The van der Waals surface area contributed by atoms with E-state index in [1.165, 1.54) is 5.56 Å². The van der Waals surface area contributed by atoms with Crippen LogP contribution in [0.25, 0.3) is 0 Å². The van der Waals surface area contributed by atoms with Gasteiger partial charge in [0.05, 0.1) is 6.20 Å². The Balaban J connectivity index is 1.96. The summed E-state index contributed by atoms with van der Waals surface area (Å²) in [5.74, 6) is 0.925. The van der Waals surface area contributed by atoms with Gasteiger partial charge >= 0.3 is 0 Å². The fourth-order valence-electron chi connectivity index (χ4n) is 1.68. The summed E-state index contributed by atoms with van der Waals surface area (Å²) in [6, 6.07) is 8.22. The molecule has 1 heterocycles. The van der Waals surface area contributed by atoms with Gasteiger partial charge in [0.1, 0.15) is 12.4 Å². The number of rotatable bonds is 5. The average molecular weight is 230 g/mol. The molecule has 0 aliphatic heterocycles. The van der Waals surface area contributed by atoms with Crippen molar-refractivity contribution in [2.45, 2.75) is 33.4 Å². The summed E-state index contributed by atoms with van der Waals surface area (Å²) in [6.45, 7) is 5.69. The van der Waals surface area contributed by atoms with Gasteiger partial charge in [-0.25, -0.2) is 0 Å². The predicted octanol–water partition coefficient (Wildman–Crippen LogP) is 3.04. The van der Waals surface area contributed by atoms with Gasteiger partial charge in [-0.2, -0.15) is 5.10 Å². The van der Waals surface area contributed by atoms with Crippen molar-refractivity contribution in [1.29, 1.82) is 0 Å². The Hall–Kier alpha value is -1.77. The second kappa shape index (κ2) is 5.53. The molecule has 1 aromatic carbocycles. The lowest BCUT2D eigenvalue weighted by Gasteiger charge is -2.05. The Kier molecular flexibility index (Phi) is 3.81. The van der Waals surface area contributed by atoms with Crippen LogP contribution < -0.4 is 4.74 Å². The summed E-state index contributed by atoms with van der Waals surface area (Å²) >= 11 is 0. The molecule has 17 heavy (non-hydrogen) atoms. The molecule has 2 aromatic rings. The van der Waals surface area contributed by atoms with Crippen molar-refractivity contribution in [3.05, 3.63) is 47.8 Å². The van der Waals surface area contributed by atoms with Gasteiger partial charge in [0.25, 0.3) is 0 Å². The van der Waals surface area contributed by atoms with Crippen LogP contribution in [0.5, 0.6) is 5.75 Å². The Morgan fingerprint density at radius 3 is 2.82 bits per heavy atom. The molecular weight excluding hydrogens is 212 g/mol. The van der Waals surface area contributed by atoms with Crippen molar-refractivity contribution in [2.24, 2.45) is 0 Å². The Morgan fingerprint density at radius 1 is 1.24 bits per heavy atom. The SMILES string of the molecule is CCc1cccc(OCc2cnn(CC)c2)c1. The molecule has 0 atom stereocenters. The van der Waals surface area contributed by atoms with Crippen molar-refractivity contribution in [2.75, 3.05) is 0 Å². The third kappa shape index (κ3) is 3.09. The van der Waals surface area contributed by atoms with E-state index in [-0.39, 0.29) is 0 Å². The fourth-order valence-corrected chi connectivity index (χ4v) is 1.68. The molecule has 0 N–H and O–H groups in total. The summed E-state index contributed by atoms with van der Waals surface area (Å²) in [7, 11) is 0. The molecule has 2 rings (SSSR count). The summed E-state index contributed by atoms with van der Waals surface area (Å²) < 4.78 is 7.64. The second-order valence-corrected chi connectivity index (χ2v) is 3.99. The van der Waals surface area contributed by atoms with Gasteiger partial charge < -0.3 is 4.74 Å². The van der Waals surface area contributed by atoms with Crippen LogP contribution in [0.15, 0.2) is 36.7 Å². The minimum atomic E-state index is 0.577. The summed E-state index contributed by atoms with van der Waals surface area (Å²) in [5.41, 5.74) is 2.40. The van der Waals surface area contributed by atoms with Crippen molar-refractivity contribution >= 4 is 0 Å². The highest BCUT2D eigenvalue weighted by Crippen LogP contribution is 2.15. The van der Waals surface area contributed by atoms with E-state index in [2.05, 4.69) is 31.1 Å². The van der Waals surface area contributed by atoms with Crippen LogP contribution in [0.1, 0.15) is 25.0 Å². The van der Waals surface area contributed by atoms with Crippen molar-refractivity contribution in [1.82, 2.24) is 9.78 Å². The van der Waals surface area contributed by atoms with Crippen LogP contribution in [0.2, 0.25) is 0 Å². The smallest absolute Gasteiger partial charge is 0.120 e. The Bertz CT molecular complexity index is 477. The minimum absolute atomic E-state index is 0.577. The maximum atomic E-state index is 5.74. The van der Waals surface area contributed by atoms with Crippen LogP contribution in [0.4, 0.5) is 0 Å². The van der Waals surface area contributed by atoms with Crippen LogP contribution in [-0.2, 0) is 19.6 Å². The lowest BCUT2D eigenvalue weighted by Crippen LogP contribution is -1.95. The number of hydrogen-bond acceptors (Lipinski definition) is 2. The maximum absolute atomic E-state index is 5.74. The first-order valence-electron chi connectivity index (χ1n) is 6.05. The first kappa shape index (κ1) is 11.7. The zero-order chi connectivity index (χ0) is 12.1. The lowest BCUT2D eigenvalue weighted by atomic mass is 10.2. The fraction of sp³-hybridized carbons (Fsp3) is 0.357. The molecule has 0 radical (unpaired) electrons.